The van der Waals surface area contributed by atoms with Crippen LogP contribution in [0.15, 0.2) is 48.5 Å². The van der Waals surface area contributed by atoms with Gasteiger partial charge in [-0.05, 0) is 42.8 Å². The highest BCUT2D eigenvalue weighted by molar-refractivity contribution is 6.03. The number of nitrogens with one attached hydrogen (secondary N) is 1. The van der Waals surface area contributed by atoms with Crippen LogP contribution in [0.3, 0.4) is 0 Å². The Balaban J connectivity index is 1.58. The zero-order valence-electron chi connectivity index (χ0n) is 17.1. The van der Waals surface area contributed by atoms with Crippen molar-refractivity contribution in [3.8, 4) is 0 Å². The SMILES string of the molecule is CCCCOC(=O)c1ccc(NC(=O)[C@H]2CC(=O)N(c3ccc([N+](=O)[O-])cc3)C2)cc1. The summed E-state index contributed by atoms with van der Waals surface area (Å²) in [6.07, 6.45) is 1.78. The Morgan fingerprint density at radius 2 is 1.84 bits per heavy atom. The summed E-state index contributed by atoms with van der Waals surface area (Å²) < 4.78 is 5.15. The Kier molecular flexibility index (Phi) is 6.96. The summed E-state index contributed by atoms with van der Waals surface area (Å²) in [5, 5.41) is 13.5. The van der Waals surface area contributed by atoms with Gasteiger partial charge in [-0.1, -0.05) is 13.3 Å². The van der Waals surface area contributed by atoms with Crippen LogP contribution < -0.4 is 10.2 Å². The number of rotatable bonds is 8. The van der Waals surface area contributed by atoms with E-state index in [9.17, 15) is 24.5 Å². The van der Waals surface area contributed by atoms with Gasteiger partial charge in [0.05, 0.1) is 23.0 Å². The van der Waals surface area contributed by atoms with Crippen LogP contribution in [0, 0.1) is 16.0 Å². The molecule has 1 atom stereocenters. The highest BCUT2D eigenvalue weighted by Gasteiger charge is 2.35. The first-order valence-electron chi connectivity index (χ1n) is 10.0. The maximum absolute atomic E-state index is 12.6. The number of hydrogen-bond donors (Lipinski definition) is 1. The number of nitro benzene ring substituents is 1. The van der Waals surface area contributed by atoms with Gasteiger partial charge in [0, 0.05) is 36.5 Å². The average molecular weight is 425 g/mol. The second-order valence-corrected chi connectivity index (χ2v) is 7.23. The largest absolute Gasteiger partial charge is 0.462 e. The fourth-order valence-electron chi connectivity index (χ4n) is 3.21. The number of unbranched alkanes of at least 4 members (excludes halogenated alkanes) is 1. The normalized spacial score (nSPS) is 15.6. The Hall–Kier alpha value is -3.75. The predicted molar refractivity (Wildman–Crippen MR) is 114 cm³/mol. The monoisotopic (exact) mass is 425 g/mol. The van der Waals surface area contributed by atoms with Crippen LogP contribution in [-0.2, 0) is 14.3 Å². The molecular formula is C22H23N3O6. The van der Waals surface area contributed by atoms with E-state index in [1.807, 2.05) is 6.92 Å². The lowest BCUT2D eigenvalue weighted by Crippen LogP contribution is -2.28. The number of esters is 1. The van der Waals surface area contributed by atoms with E-state index in [0.29, 0.717) is 23.5 Å². The van der Waals surface area contributed by atoms with E-state index in [1.165, 1.54) is 29.2 Å². The summed E-state index contributed by atoms with van der Waals surface area (Å²) in [4.78, 5) is 48.6. The van der Waals surface area contributed by atoms with Crippen molar-refractivity contribution in [3.63, 3.8) is 0 Å². The van der Waals surface area contributed by atoms with E-state index in [4.69, 9.17) is 4.74 Å². The molecular weight excluding hydrogens is 402 g/mol. The molecule has 0 aromatic heterocycles. The Morgan fingerprint density at radius 1 is 1.16 bits per heavy atom. The summed E-state index contributed by atoms with van der Waals surface area (Å²) >= 11 is 0. The number of anilines is 2. The number of nitro groups is 1. The zero-order chi connectivity index (χ0) is 22.4. The van der Waals surface area contributed by atoms with E-state index < -0.39 is 16.8 Å². The van der Waals surface area contributed by atoms with Crippen LogP contribution in [0.4, 0.5) is 17.1 Å². The minimum atomic E-state index is -0.554. The number of hydrogen-bond acceptors (Lipinski definition) is 6. The molecule has 9 nitrogen and oxygen atoms in total. The van der Waals surface area contributed by atoms with Gasteiger partial charge in [0.1, 0.15) is 0 Å². The van der Waals surface area contributed by atoms with E-state index in [2.05, 4.69) is 5.32 Å². The van der Waals surface area contributed by atoms with Gasteiger partial charge < -0.3 is 15.0 Å². The van der Waals surface area contributed by atoms with Crippen LogP contribution in [0.1, 0.15) is 36.5 Å². The summed E-state index contributed by atoms with van der Waals surface area (Å²) in [5.74, 6) is -1.50. The lowest BCUT2D eigenvalue weighted by molar-refractivity contribution is -0.384. The molecule has 0 unspecified atom stereocenters. The highest BCUT2D eigenvalue weighted by Crippen LogP contribution is 2.27. The first-order valence-corrected chi connectivity index (χ1v) is 10.0. The van der Waals surface area contributed by atoms with Gasteiger partial charge >= 0.3 is 5.97 Å². The molecule has 3 rings (SSSR count). The van der Waals surface area contributed by atoms with Crippen molar-refractivity contribution in [2.75, 3.05) is 23.4 Å². The quantitative estimate of drug-likeness (QED) is 0.299. The van der Waals surface area contributed by atoms with Crippen molar-refractivity contribution < 1.29 is 24.0 Å². The van der Waals surface area contributed by atoms with Crippen molar-refractivity contribution in [2.24, 2.45) is 5.92 Å². The van der Waals surface area contributed by atoms with Gasteiger partial charge in [-0.3, -0.25) is 19.7 Å². The Labute approximate surface area is 179 Å². The molecule has 162 valence electrons. The lowest BCUT2D eigenvalue weighted by Gasteiger charge is -2.16. The first-order chi connectivity index (χ1) is 14.9. The van der Waals surface area contributed by atoms with Crippen molar-refractivity contribution in [1.82, 2.24) is 0 Å². The fraction of sp³-hybridized carbons (Fsp3) is 0.318. The molecule has 2 aromatic carbocycles. The molecule has 1 saturated heterocycles. The van der Waals surface area contributed by atoms with Gasteiger partial charge in [0.25, 0.3) is 5.69 Å². The van der Waals surface area contributed by atoms with Gasteiger partial charge in [0.2, 0.25) is 11.8 Å². The summed E-state index contributed by atoms with van der Waals surface area (Å²) in [5.41, 5.74) is 1.35. The highest BCUT2D eigenvalue weighted by atomic mass is 16.6. The number of carbonyl (C=O) groups excluding carboxylic acids is 3. The average Bonchev–Trinajstić information content (AvgIpc) is 3.16. The third kappa shape index (κ3) is 5.44. The predicted octanol–water partition coefficient (Wildman–Crippen LogP) is 3.54. The first kappa shape index (κ1) is 21.9. The smallest absolute Gasteiger partial charge is 0.338 e. The molecule has 2 aromatic rings. The van der Waals surface area contributed by atoms with Crippen LogP contribution in [-0.4, -0.2) is 35.9 Å². The van der Waals surface area contributed by atoms with Crippen molar-refractivity contribution >= 4 is 34.8 Å². The maximum atomic E-state index is 12.6. The van der Waals surface area contributed by atoms with Crippen LogP contribution in [0.2, 0.25) is 0 Å². The second kappa shape index (κ2) is 9.84. The third-order valence-corrected chi connectivity index (χ3v) is 4.99. The topological polar surface area (TPSA) is 119 Å². The van der Waals surface area contributed by atoms with Crippen molar-refractivity contribution in [1.29, 1.82) is 0 Å². The van der Waals surface area contributed by atoms with E-state index in [0.717, 1.165) is 12.8 Å². The summed E-state index contributed by atoms with van der Waals surface area (Å²) in [6, 6.07) is 12.0. The molecule has 2 amide bonds. The lowest BCUT2D eigenvalue weighted by atomic mass is 10.1. The minimum absolute atomic E-state index is 0.0463. The Morgan fingerprint density at radius 3 is 2.45 bits per heavy atom. The Bertz CT molecular complexity index is 972. The summed E-state index contributed by atoms with van der Waals surface area (Å²) in [7, 11) is 0. The minimum Gasteiger partial charge on any atom is -0.462 e. The second-order valence-electron chi connectivity index (χ2n) is 7.23. The standard InChI is InChI=1S/C22H23N3O6/c1-2-3-12-31-22(28)15-4-6-17(7-5-15)23-21(27)16-13-20(26)24(14-16)18-8-10-19(11-9-18)25(29)30/h4-11,16H,2-3,12-14H2,1H3,(H,23,27)/t16-/m0/s1. The van der Waals surface area contributed by atoms with E-state index in [-0.39, 0.29) is 30.5 Å². The van der Waals surface area contributed by atoms with Crippen LogP contribution in [0.5, 0.6) is 0 Å². The molecule has 1 fully saturated rings. The molecule has 1 aliphatic rings. The zero-order valence-corrected chi connectivity index (χ0v) is 17.1. The number of non-ortho nitro benzene ring substituents is 1. The third-order valence-electron chi connectivity index (χ3n) is 4.99. The molecule has 0 saturated carbocycles. The van der Waals surface area contributed by atoms with Crippen LogP contribution >= 0.6 is 0 Å². The molecule has 1 aliphatic heterocycles. The van der Waals surface area contributed by atoms with Crippen molar-refractivity contribution in [2.45, 2.75) is 26.2 Å². The van der Waals surface area contributed by atoms with Gasteiger partial charge in [-0.2, -0.15) is 0 Å². The molecule has 1 N–H and O–H groups in total. The number of amides is 2. The molecule has 0 spiro atoms. The molecule has 0 bridgehead atoms. The van der Waals surface area contributed by atoms with Gasteiger partial charge in [-0.25, -0.2) is 4.79 Å². The van der Waals surface area contributed by atoms with Gasteiger partial charge in [0.15, 0.2) is 0 Å². The van der Waals surface area contributed by atoms with Crippen molar-refractivity contribution in [3.05, 3.63) is 64.2 Å². The van der Waals surface area contributed by atoms with E-state index in [1.54, 1.807) is 24.3 Å². The van der Waals surface area contributed by atoms with E-state index >= 15 is 0 Å². The number of carbonyl (C=O) groups is 3. The molecule has 1 heterocycles. The molecule has 31 heavy (non-hydrogen) atoms. The van der Waals surface area contributed by atoms with Crippen LogP contribution in [0.25, 0.3) is 0 Å². The number of nitrogens with zero attached hydrogens (tertiary/aromatic N) is 2. The number of benzene rings is 2. The fourth-order valence-corrected chi connectivity index (χ4v) is 3.21. The van der Waals surface area contributed by atoms with Gasteiger partial charge in [-0.15, -0.1) is 0 Å². The number of ether oxygens (including phenoxy) is 1. The summed E-state index contributed by atoms with van der Waals surface area (Å²) in [6.45, 7) is 2.56. The molecule has 9 heteroatoms. The molecule has 0 aliphatic carbocycles. The molecule has 0 radical (unpaired) electrons. The maximum Gasteiger partial charge on any atom is 0.338 e.